The standard InChI is InChI=1S/C24H38N2O2S/c1-22-9-6-17(27)14-16(22)4-5-18-19(22)7-10-23(2)20(18)8-11-24(23,28)15-29-21-25-12-13-26(21)3/h12-13,16-20,27-28H,4-11,14-15H2,1-3H3/t16-,17+,18+,19-,20+,22+,23+,24-/m0/s1. The molecule has 4 saturated carbocycles. The normalized spacial score (nSPS) is 49.3. The minimum absolute atomic E-state index is 0.0315. The fraction of sp³-hybridized carbons (Fsp3) is 0.875. The third-order valence-electron chi connectivity index (χ3n) is 10.2. The van der Waals surface area contributed by atoms with Crippen LogP contribution in [0.25, 0.3) is 0 Å². The van der Waals surface area contributed by atoms with Crippen molar-refractivity contribution in [3.63, 3.8) is 0 Å². The number of imidazole rings is 1. The van der Waals surface area contributed by atoms with E-state index in [0.29, 0.717) is 17.3 Å². The molecule has 0 saturated heterocycles. The van der Waals surface area contributed by atoms with Crippen LogP contribution in [-0.2, 0) is 7.05 Å². The summed E-state index contributed by atoms with van der Waals surface area (Å²) in [7, 11) is 2.03. The van der Waals surface area contributed by atoms with E-state index in [1.807, 2.05) is 19.4 Å². The molecular weight excluding hydrogens is 380 g/mol. The number of thioether (sulfide) groups is 1. The Labute approximate surface area is 179 Å². The second-order valence-corrected chi connectivity index (χ2v) is 12.2. The third kappa shape index (κ3) is 2.97. The molecule has 0 aromatic carbocycles. The molecule has 29 heavy (non-hydrogen) atoms. The summed E-state index contributed by atoms with van der Waals surface area (Å²) in [6.07, 6.45) is 14.1. The molecular formula is C24H38N2O2S. The molecule has 4 fully saturated rings. The summed E-state index contributed by atoms with van der Waals surface area (Å²) in [4.78, 5) is 4.45. The van der Waals surface area contributed by atoms with Gasteiger partial charge in [-0.05, 0) is 86.9 Å². The maximum Gasteiger partial charge on any atom is 0.167 e. The molecule has 0 amide bonds. The Morgan fingerprint density at radius 2 is 1.90 bits per heavy atom. The molecule has 4 aliphatic carbocycles. The Balaban J connectivity index is 1.36. The third-order valence-corrected chi connectivity index (χ3v) is 11.5. The summed E-state index contributed by atoms with van der Waals surface area (Å²) in [6, 6.07) is 0. The van der Waals surface area contributed by atoms with Crippen LogP contribution < -0.4 is 0 Å². The van der Waals surface area contributed by atoms with Crippen LogP contribution >= 0.6 is 11.8 Å². The van der Waals surface area contributed by atoms with Crippen LogP contribution in [0.3, 0.4) is 0 Å². The van der Waals surface area contributed by atoms with Crippen molar-refractivity contribution in [2.24, 2.45) is 41.5 Å². The van der Waals surface area contributed by atoms with Gasteiger partial charge in [-0.2, -0.15) is 0 Å². The Morgan fingerprint density at radius 1 is 1.10 bits per heavy atom. The molecule has 8 atom stereocenters. The van der Waals surface area contributed by atoms with Crippen molar-refractivity contribution in [3.8, 4) is 0 Å². The average molecular weight is 419 g/mol. The van der Waals surface area contributed by atoms with Crippen LogP contribution in [0.15, 0.2) is 17.6 Å². The van der Waals surface area contributed by atoms with E-state index >= 15 is 0 Å². The molecule has 0 spiro atoms. The number of aromatic nitrogens is 2. The van der Waals surface area contributed by atoms with Gasteiger partial charge in [-0.25, -0.2) is 4.98 Å². The van der Waals surface area contributed by atoms with Crippen LogP contribution in [0.4, 0.5) is 0 Å². The van der Waals surface area contributed by atoms with Crippen LogP contribution in [0.1, 0.15) is 71.6 Å². The molecule has 0 radical (unpaired) electrons. The molecule has 162 valence electrons. The van der Waals surface area contributed by atoms with Crippen LogP contribution in [0.2, 0.25) is 0 Å². The number of nitrogens with zero attached hydrogens (tertiary/aromatic N) is 2. The molecule has 4 aliphatic rings. The second kappa shape index (κ2) is 7.00. The number of hydrogen-bond acceptors (Lipinski definition) is 4. The fourth-order valence-corrected chi connectivity index (χ4v) is 9.50. The fourth-order valence-electron chi connectivity index (χ4n) is 8.26. The first-order valence-corrected chi connectivity index (χ1v) is 12.8. The summed E-state index contributed by atoms with van der Waals surface area (Å²) in [6.45, 7) is 4.94. The maximum absolute atomic E-state index is 11.9. The highest BCUT2D eigenvalue weighted by atomic mass is 32.2. The van der Waals surface area contributed by atoms with Crippen molar-refractivity contribution >= 4 is 11.8 Å². The summed E-state index contributed by atoms with van der Waals surface area (Å²) >= 11 is 1.73. The molecule has 2 N–H and O–H groups in total. The van der Waals surface area contributed by atoms with Crippen molar-refractivity contribution in [3.05, 3.63) is 12.4 Å². The summed E-state index contributed by atoms with van der Waals surface area (Å²) in [5.41, 5.74) is -0.143. The Morgan fingerprint density at radius 3 is 2.66 bits per heavy atom. The predicted octanol–water partition coefficient (Wildman–Crippen LogP) is 4.65. The number of hydrogen-bond donors (Lipinski definition) is 2. The van der Waals surface area contributed by atoms with E-state index in [1.54, 1.807) is 11.8 Å². The van der Waals surface area contributed by atoms with Crippen molar-refractivity contribution in [2.45, 2.75) is 88.5 Å². The number of aliphatic hydroxyl groups is 2. The summed E-state index contributed by atoms with van der Waals surface area (Å²) in [5, 5.41) is 23.1. The van der Waals surface area contributed by atoms with E-state index in [9.17, 15) is 10.2 Å². The first-order valence-electron chi connectivity index (χ1n) is 11.8. The van der Waals surface area contributed by atoms with Gasteiger partial charge in [0.25, 0.3) is 0 Å². The van der Waals surface area contributed by atoms with Gasteiger partial charge in [0.05, 0.1) is 11.7 Å². The van der Waals surface area contributed by atoms with Crippen LogP contribution in [-0.4, -0.2) is 37.2 Å². The van der Waals surface area contributed by atoms with Gasteiger partial charge in [-0.3, -0.25) is 0 Å². The lowest BCUT2D eigenvalue weighted by atomic mass is 9.44. The minimum Gasteiger partial charge on any atom is -0.393 e. The van der Waals surface area contributed by atoms with Gasteiger partial charge in [-0.15, -0.1) is 0 Å². The second-order valence-electron chi connectivity index (χ2n) is 11.2. The van der Waals surface area contributed by atoms with Crippen molar-refractivity contribution in [1.82, 2.24) is 9.55 Å². The highest BCUT2D eigenvalue weighted by Gasteiger charge is 2.64. The Hall–Kier alpha value is -0.520. The lowest BCUT2D eigenvalue weighted by Crippen LogP contribution is -2.57. The Kier molecular flexibility index (Phi) is 4.92. The highest BCUT2D eigenvalue weighted by Crippen LogP contribution is 2.68. The average Bonchev–Trinajstić information content (AvgIpc) is 3.22. The van der Waals surface area contributed by atoms with E-state index < -0.39 is 5.60 Å². The van der Waals surface area contributed by atoms with E-state index in [4.69, 9.17) is 0 Å². The van der Waals surface area contributed by atoms with Crippen molar-refractivity contribution < 1.29 is 10.2 Å². The van der Waals surface area contributed by atoms with Crippen LogP contribution in [0.5, 0.6) is 0 Å². The van der Waals surface area contributed by atoms with Crippen LogP contribution in [0, 0.1) is 34.5 Å². The van der Waals surface area contributed by atoms with Gasteiger partial charge >= 0.3 is 0 Å². The molecule has 0 aliphatic heterocycles. The van der Waals surface area contributed by atoms with E-state index in [-0.39, 0.29) is 11.5 Å². The van der Waals surface area contributed by atoms with Gasteiger partial charge in [0, 0.05) is 30.6 Å². The zero-order valence-electron chi connectivity index (χ0n) is 18.3. The lowest BCUT2D eigenvalue weighted by Gasteiger charge is -2.61. The first-order chi connectivity index (χ1) is 13.8. The minimum atomic E-state index is -0.584. The van der Waals surface area contributed by atoms with E-state index in [2.05, 4.69) is 23.4 Å². The molecule has 0 bridgehead atoms. The molecule has 5 heteroatoms. The van der Waals surface area contributed by atoms with Gasteiger partial charge < -0.3 is 14.8 Å². The first kappa shape index (κ1) is 20.4. The van der Waals surface area contributed by atoms with Gasteiger partial charge in [0.2, 0.25) is 0 Å². The quantitative estimate of drug-likeness (QED) is 0.702. The molecule has 1 heterocycles. The number of rotatable bonds is 3. The van der Waals surface area contributed by atoms with E-state index in [1.165, 1.54) is 32.1 Å². The largest absolute Gasteiger partial charge is 0.393 e. The smallest absolute Gasteiger partial charge is 0.167 e. The zero-order chi connectivity index (χ0) is 20.4. The lowest BCUT2D eigenvalue weighted by molar-refractivity contribution is -0.152. The number of fused-ring (bicyclic) bond motifs is 5. The molecule has 1 aromatic rings. The number of aryl methyl sites for hydroxylation is 1. The maximum atomic E-state index is 11.9. The summed E-state index contributed by atoms with van der Waals surface area (Å²) in [5.74, 6) is 3.66. The topological polar surface area (TPSA) is 58.3 Å². The summed E-state index contributed by atoms with van der Waals surface area (Å²) < 4.78 is 2.05. The molecule has 1 aromatic heterocycles. The van der Waals surface area contributed by atoms with Gasteiger partial charge in [-0.1, -0.05) is 25.6 Å². The molecule has 5 rings (SSSR count). The van der Waals surface area contributed by atoms with Crippen molar-refractivity contribution in [2.75, 3.05) is 5.75 Å². The molecule has 4 nitrogen and oxygen atoms in total. The zero-order valence-corrected chi connectivity index (χ0v) is 19.1. The predicted molar refractivity (Wildman–Crippen MR) is 117 cm³/mol. The van der Waals surface area contributed by atoms with Crippen molar-refractivity contribution in [1.29, 1.82) is 0 Å². The molecule has 0 unspecified atom stereocenters. The van der Waals surface area contributed by atoms with Gasteiger partial charge in [0.15, 0.2) is 5.16 Å². The SMILES string of the molecule is Cn1ccnc1SC[C@@]1(O)CC[C@@H]2[C@@H]3CC[C@H]4C[C@H](O)CC[C@@]4(C)[C@H]3CC[C@]21C. The van der Waals surface area contributed by atoms with E-state index in [0.717, 1.165) is 48.4 Å². The highest BCUT2D eigenvalue weighted by molar-refractivity contribution is 7.99. The Bertz CT molecular complexity index is 768. The van der Waals surface area contributed by atoms with Gasteiger partial charge in [0.1, 0.15) is 0 Å². The monoisotopic (exact) mass is 418 g/mol. The number of aliphatic hydroxyl groups excluding tert-OH is 1.